The number of rotatable bonds is 5. The third-order valence-corrected chi connectivity index (χ3v) is 2.62. The van der Waals surface area contributed by atoms with E-state index in [9.17, 15) is 5.11 Å². The highest BCUT2D eigenvalue weighted by Crippen LogP contribution is 2.27. The van der Waals surface area contributed by atoms with Gasteiger partial charge in [-0.25, -0.2) is 4.98 Å². The molecule has 1 rings (SSSR count). The van der Waals surface area contributed by atoms with Gasteiger partial charge in [-0.1, -0.05) is 6.92 Å². The number of hydrogen-bond donors (Lipinski definition) is 3. The first-order valence-corrected chi connectivity index (χ1v) is 5.63. The van der Waals surface area contributed by atoms with E-state index in [0.29, 0.717) is 12.4 Å². The number of aryl methyl sites for hydroxylation is 1. The van der Waals surface area contributed by atoms with Crippen LogP contribution in [0.15, 0.2) is 12.3 Å². The Hall–Kier alpha value is -1.13. The minimum atomic E-state index is -0.975. The Morgan fingerprint density at radius 3 is 2.81 bits per heavy atom. The third kappa shape index (κ3) is 2.93. The number of nitrogen functional groups attached to an aromatic ring is 1. The Kier molecular flexibility index (Phi) is 4.26. The number of hydrogen-bond acceptors (Lipinski definition) is 4. The summed E-state index contributed by atoms with van der Waals surface area (Å²) < 4.78 is 0. The van der Waals surface area contributed by atoms with E-state index >= 15 is 0 Å². The van der Waals surface area contributed by atoms with Crippen molar-refractivity contribution in [3.8, 4) is 0 Å². The third-order valence-electron chi connectivity index (χ3n) is 2.62. The van der Waals surface area contributed by atoms with Gasteiger partial charge in [-0.2, -0.15) is 0 Å². The smallest absolute Gasteiger partial charge is 0.129 e. The molecule has 0 spiro atoms. The quantitative estimate of drug-likeness (QED) is 0.655. The van der Waals surface area contributed by atoms with E-state index < -0.39 is 5.60 Å². The molecule has 0 aliphatic rings. The molecule has 4 N–H and O–H groups in total. The van der Waals surface area contributed by atoms with Crippen LogP contribution in [-0.2, 0) is 5.60 Å². The Balaban J connectivity index is 2.88. The maximum atomic E-state index is 10.4. The van der Waals surface area contributed by atoms with Crippen molar-refractivity contribution >= 4 is 5.82 Å². The molecule has 1 atom stereocenters. The second-order valence-corrected chi connectivity index (χ2v) is 4.34. The number of anilines is 1. The maximum Gasteiger partial charge on any atom is 0.129 e. The van der Waals surface area contributed by atoms with Crippen molar-refractivity contribution in [2.75, 3.05) is 18.8 Å². The molecule has 0 aliphatic carbocycles. The predicted octanol–water partition coefficient (Wildman–Crippen LogP) is 1.18. The largest absolute Gasteiger partial charge is 0.384 e. The molecule has 0 saturated carbocycles. The van der Waals surface area contributed by atoms with E-state index in [4.69, 9.17) is 5.73 Å². The summed E-state index contributed by atoms with van der Waals surface area (Å²) in [6.07, 6.45) is 2.70. The molecule has 1 aromatic rings. The summed E-state index contributed by atoms with van der Waals surface area (Å²) in [5, 5.41) is 13.6. The fourth-order valence-corrected chi connectivity index (χ4v) is 1.88. The summed E-state index contributed by atoms with van der Waals surface area (Å²) >= 11 is 0. The Morgan fingerprint density at radius 2 is 2.25 bits per heavy atom. The molecule has 0 aromatic carbocycles. The molecule has 1 heterocycles. The number of aliphatic hydroxyl groups is 1. The van der Waals surface area contributed by atoms with Gasteiger partial charge >= 0.3 is 0 Å². The highest BCUT2D eigenvalue weighted by Gasteiger charge is 2.27. The Morgan fingerprint density at radius 1 is 1.56 bits per heavy atom. The zero-order valence-electron chi connectivity index (χ0n) is 10.2. The second-order valence-electron chi connectivity index (χ2n) is 4.34. The van der Waals surface area contributed by atoms with Crippen molar-refractivity contribution in [2.45, 2.75) is 32.8 Å². The van der Waals surface area contributed by atoms with Crippen molar-refractivity contribution in [3.63, 3.8) is 0 Å². The first-order valence-electron chi connectivity index (χ1n) is 5.63. The van der Waals surface area contributed by atoms with Gasteiger partial charge in [-0.05, 0) is 38.4 Å². The summed E-state index contributed by atoms with van der Waals surface area (Å²) in [6.45, 7) is 7.15. The number of aromatic nitrogens is 1. The van der Waals surface area contributed by atoms with Gasteiger partial charge in [0, 0.05) is 18.3 Å². The van der Waals surface area contributed by atoms with Crippen LogP contribution in [0, 0.1) is 6.92 Å². The highest BCUT2D eigenvalue weighted by molar-refractivity contribution is 5.47. The number of pyridine rings is 1. The molecule has 0 radical (unpaired) electrons. The predicted molar refractivity (Wildman–Crippen MR) is 66.1 cm³/mol. The normalized spacial score (nSPS) is 14.8. The topological polar surface area (TPSA) is 71.2 Å². The van der Waals surface area contributed by atoms with E-state index in [1.54, 1.807) is 13.1 Å². The Bertz CT molecular complexity index is 330. The monoisotopic (exact) mass is 223 g/mol. The molecule has 0 bridgehead atoms. The molecular weight excluding hydrogens is 202 g/mol. The van der Waals surface area contributed by atoms with Crippen LogP contribution in [0.5, 0.6) is 0 Å². The molecule has 4 nitrogen and oxygen atoms in total. The SMILES string of the molecule is CCCNCC(C)(O)c1c(C)ccnc1N. The number of nitrogens with two attached hydrogens (primary N) is 1. The minimum absolute atomic E-state index is 0.406. The van der Waals surface area contributed by atoms with E-state index in [1.807, 2.05) is 13.0 Å². The fraction of sp³-hybridized carbons (Fsp3) is 0.583. The molecule has 1 unspecified atom stereocenters. The van der Waals surface area contributed by atoms with Gasteiger partial charge in [0.25, 0.3) is 0 Å². The van der Waals surface area contributed by atoms with Gasteiger partial charge in [0.15, 0.2) is 0 Å². The summed E-state index contributed by atoms with van der Waals surface area (Å²) in [5.74, 6) is 0.406. The summed E-state index contributed by atoms with van der Waals surface area (Å²) in [5.41, 5.74) is 6.53. The summed E-state index contributed by atoms with van der Waals surface area (Å²) in [6, 6.07) is 1.86. The average Bonchev–Trinajstić information content (AvgIpc) is 2.17. The van der Waals surface area contributed by atoms with E-state index in [1.165, 1.54) is 0 Å². The van der Waals surface area contributed by atoms with Crippen LogP contribution in [0.4, 0.5) is 5.82 Å². The van der Waals surface area contributed by atoms with Gasteiger partial charge in [0.05, 0.1) is 0 Å². The van der Waals surface area contributed by atoms with Gasteiger partial charge < -0.3 is 16.2 Å². The lowest BCUT2D eigenvalue weighted by Gasteiger charge is -2.26. The maximum absolute atomic E-state index is 10.4. The average molecular weight is 223 g/mol. The lowest BCUT2D eigenvalue weighted by Crippen LogP contribution is -2.37. The van der Waals surface area contributed by atoms with E-state index in [0.717, 1.165) is 24.1 Å². The zero-order valence-corrected chi connectivity index (χ0v) is 10.2. The standard InChI is InChI=1S/C12H21N3O/c1-4-6-14-8-12(3,16)10-9(2)5-7-15-11(10)13/h5,7,14,16H,4,6,8H2,1-3H3,(H2,13,15). The zero-order chi connectivity index (χ0) is 12.2. The summed E-state index contributed by atoms with van der Waals surface area (Å²) in [4.78, 5) is 4.02. The Labute approximate surface area is 96.9 Å². The van der Waals surface area contributed by atoms with Crippen LogP contribution in [0.2, 0.25) is 0 Å². The molecule has 0 fully saturated rings. The van der Waals surface area contributed by atoms with Crippen molar-refractivity contribution in [2.24, 2.45) is 0 Å². The van der Waals surface area contributed by atoms with Crippen LogP contribution in [0.3, 0.4) is 0 Å². The molecule has 90 valence electrons. The highest BCUT2D eigenvalue weighted by atomic mass is 16.3. The molecular formula is C12H21N3O. The van der Waals surface area contributed by atoms with Crippen molar-refractivity contribution in [1.82, 2.24) is 10.3 Å². The number of nitrogens with zero attached hydrogens (tertiary/aromatic N) is 1. The van der Waals surface area contributed by atoms with Crippen molar-refractivity contribution in [1.29, 1.82) is 0 Å². The van der Waals surface area contributed by atoms with Gasteiger partial charge in [0.2, 0.25) is 0 Å². The van der Waals surface area contributed by atoms with Gasteiger partial charge in [-0.3, -0.25) is 0 Å². The van der Waals surface area contributed by atoms with Crippen LogP contribution < -0.4 is 11.1 Å². The first kappa shape index (κ1) is 12.9. The van der Waals surface area contributed by atoms with Crippen LogP contribution in [0.25, 0.3) is 0 Å². The lowest BCUT2D eigenvalue weighted by atomic mass is 9.92. The first-order chi connectivity index (χ1) is 7.49. The second kappa shape index (κ2) is 5.27. The van der Waals surface area contributed by atoms with E-state index in [-0.39, 0.29) is 0 Å². The van der Waals surface area contributed by atoms with Gasteiger partial charge in [0.1, 0.15) is 11.4 Å². The molecule has 4 heteroatoms. The number of nitrogens with one attached hydrogen (secondary N) is 1. The van der Waals surface area contributed by atoms with Crippen molar-refractivity contribution < 1.29 is 5.11 Å². The molecule has 0 aliphatic heterocycles. The molecule has 16 heavy (non-hydrogen) atoms. The summed E-state index contributed by atoms with van der Waals surface area (Å²) in [7, 11) is 0. The van der Waals surface area contributed by atoms with Crippen LogP contribution >= 0.6 is 0 Å². The molecule has 1 aromatic heterocycles. The molecule has 0 amide bonds. The lowest BCUT2D eigenvalue weighted by molar-refractivity contribution is 0.0571. The van der Waals surface area contributed by atoms with Crippen LogP contribution in [0.1, 0.15) is 31.4 Å². The van der Waals surface area contributed by atoms with Gasteiger partial charge in [-0.15, -0.1) is 0 Å². The van der Waals surface area contributed by atoms with Crippen molar-refractivity contribution in [3.05, 3.63) is 23.4 Å². The van der Waals surface area contributed by atoms with Crippen LogP contribution in [-0.4, -0.2) is 23.2 Å². The minimum Gasteiger partial charge on any atom is -0.384 e. The molecule has 0 saturated heterocycles. The van der Waals surface area contributed by atoms with E-state index in [2.05, 4.69) is 17.2 Å². The fourth-order valence-electron chi connectivity index (χ4n) is 1.88.